The molecule has 2 heterocycles. The number of hydrogen-bond donors (Lipinski definition) is 1. The number of aliphatic hydroxyl groups is 1. The Balaban J connectivity index is 1.90. The summed E-state index contributed by atoms with van der Waals surface area (Å²) in [7, 11) is -3.44. The van der Waals surface area contributed by atoms with E-state index in [0.29, 0.717) is 15.2 Å². The zero-order chi connectivity index (χ0) is 14.3. The Labute approximate surface area is 132 Å². The summed E-state index contributed by atoms with van der Waals surface area (Å²) in [5.41, 5.74) is 0. The van der Waals surface area contributed by atoms with Gasteiger partial charge in [0, 0.05) is 23.0 Å². The normalized spacial score (nSPS) is 32.0. The van der Waals surface area contributed by atoms with Gasteiger partial charge < -0.3 is 5.11 Å². The Kier molecular flexibility index (Phi) is 4.25. The second-order valence-corrected chi connectivity index (χ2v) is 9.40. The monoisotopic (exact) mass is 379 g/mol. The lowest BCUT2D eigenvalue weighted by molar-refractivity contribution is 0.0975. The SMILES string of the molecule is O=S(=O)(c1sccc1Br)N1CCCC1C1CCCC1O. The van der Waals surface area contributed by atoms with Crippen molar-refractivity contribution in [3.8, 4) is 0 Å². The van der Waals surface area contributed by atoms with Crippen molar-refractivity contribution in [3.63, 3.8) is 0 Å². The predicted octanol–water partition coefficient (Wildman–Crippen LogP) is 2.82. The molecule has 0 aromatic carbocycles. The minimum Gasteiger partial charge on any atom is -0.393 e. The highest BCUT2D eigenvalue weighted by Crippen LogP contribution is 2.40. The molecule has 1 aromatic heterocycles. The zero-order valence-electron chi connectivity index (χ0n) is 11.0. The highest BCUT2D eigenvalue weighted by atomic mass is 79.9. The molecule has 3 atom stereocenters. The van der Waals surface area contributed by atoms with Crippen molar-refractivity contribution in [3.05, 3.63) is 15.9 Å². The summed E-state index contributed by atoms with van der Waals surface area (Å²) in [6.45, 7) is 0.570. The Hall–Kier alpha value is 0.0500. The summed E-state index contributed by atoms with van der Waals surface area (Å²) in [6, 6.07) is 1.74. The van der Waals surface area contributed by atoms with Crippen LogP contribution in [0.2, 0.25) is 0 Å². The number of sulfonamides is 1. The van der Waals surface area contributed by atoms with Crippen molar-refractivity contribution in [1.82, 2.24) is 4.31 Å². The molecule has 7 heteroatoms. The van der Waals surface area contributed by atoms with Crippen LogP contribution in [0.1, 0.15) is 32.1 Å². The molecule has 20 heavy (non-hydrogen) atoms. The third kappa shape index (κ3) is 2.47. The Morgan fingerprint density at radius 1 is 1.30 bits per heavy atom. The number of aliphatic hydroxyl groups excluding tert-OH is 1. The number of rotatable bonds is 3. The Bertz CT molecular complexity index is 586. The molecule has 0 bridgehead atoms. The second-order valence-electron chi connectivity index (χ2n) is 5.54. The van der Waals surface area contributed by atoms with E-state index in [1.165, 1.54) is 11.3 Å². The van der Waals surface area contributed by atoms with Crippen molar-refractivity contribution in [2.45, 2.75) is 48.5 Å². The van der Waals surface area contributed by atoms with E-state index >= 15 is 0 Å². The fourth-order valence-corrected chi connectivity index (χ4v) is 7.65. The van der Waals surface area contributed by atoms with E-state index in [9.17, 15) is 13.5 Å². The molecule has 1 aliphatic heterocycles. The van der Waals surface area contributed by atoms with Crippen molar-refractivity contribution in [1.29, 1.82) is 0 Å². The first-order valence-corrected chi connectivity index (χ1v) is 10.1. The third-order valence-corrected chi connectivity index (χ3v) is 8.97. The van der Waals surface area contributed by atoms with Crippen LogP contribution in [-0.4, -0.2) is 36.5 Å². The van der Waals surface area contributed by atoms with E-state index in [4.69, 9.17) is 0 Å². The molecule has 3 rings (SSSR count). The van der Waals surface area contributed by atoms with Crippen LogP contribution in [0.15, 0.2) is 20.1 Å². The van der Waals surface area contributed by atoms with E-state index < -0.39 is 10.0 Å². The van der Waals surface area contributed by atoms with Crippen molar-refractivity contribution >= 4 is 37.3 Å². The maximum Gasteiger partial charge on any atom is 0.253 e. The van der Waals surface area contributed by atoms with Crippen molar-refractivity contribution in [2.24, 2.45) is 5.92 Å². The third-order valence-electron chi connectivity index (χ3n) is 4.40. The average molecular weight is 380 g/mol. The minimum atomic E-state index is -3.44. The van der Waals surface area contributed by atoms with E-state index in [0.717, 1.165) is 32.1 Å². The standard InChI is InChI=1S/C13H18BrNO3S2/c14-10-6-8-19-13(10)20(17,18)15-7-2-4-11(15)9-3-1-5-12(9)16/h6,8-9,11-12,16H,1-5,7H2. The van der Waals surface area contributed by atoms with Crippen LogP contribution in [0.3, 0.4) is 0 Å². The molecule has 1 aliphatic carbocycles. The van der Waals surface area contributed by atoms with Gasteiger partial charge in [-0.15, -0.1) is 11.3 Å². The first-order valence-electron chi connectivity index (χ1n) is 6.94. The lowest BCUT2D eigenvalue weighted by Gasteiger charge is -2.30. The summed E-state index contributed by atoms with van der Waals surface area (Å²) in [5, 5.41) is 11.9. The molecule has 0 spiro atoms. The topological polar surface area (TPSA) is 57.6 Å². The van der Waals surface area contributed by atoms with Crippen LogP contribution in [0.25, 0.3) is 0 Å². The average Bonchev–Trinajstić information content (AvgIpc) is 3.07. The van der Waals surface area contributed by atoms with Crippen LogP contribution in [0.5, 0.6) is 0 Å². The summed E-state index contributed by atoms with van der Waals surface area (Å²) in [4.78, 5) is 0. The highest BCUT2D eigenvalue weighted by molar-refractivity contribution is 9.10. The van der Waals surface area contributed by atoms with Gasteiger partial charge in [0.15, 0.2) is 0 Å². The molecule has 0 amide bonds. The Morgan fingerprint density at radius 2 is 2.10 bits per heavy atom. The summed E-state index contributed by atoms with van der Waals surface area (Å²) >= 11 is 4.57. The first kappa shape index (κ1) is 15.0. The fraction of sp³-hybridized carbons (Fsp3) is 0.692. The molecule has 1 saturated heterocycles. The fourth-order valence-electron chi connectivity index (χ4n) is 3.48. The molecule has 0 radical (unpaired) electrons. The van der Waals surface area contributed by atoms with Gasteiger partial charge in [0.1, 0.15) is 4.21 Å². The van der Waals surface area contributed by atoms with E-state index in [2.05, 4.69) is 15.9 Å². The lowest BCUT2D eigenvalue weighted by Crippen LogP contribution is -2.42. The molecular weight excluding hydrogens is 362 g/mol. The minimum absolute atomic E-state index is 0.0356. The molecule has 2 aliphatic rings. The molecule has 1 N–H and O–H groups in total. The van der Waals surface area contributed by atoms with Gasteiger partial charge in [-0.05, 0) is 53.1 Å². The smallest absolute Gasteiger partial charge is 0.253 e. The summed E-state index contributed by atoms with van der Waals surface area (Å²) < 4.78 is 28.3. The van der Waals surface area contributed by atoms with Crippen LogP contribution in [0, 0.1) is 5.92 Å². The summed E-state index contributed by atoms with van der Waals surface area (Å²) in [5.74, 6) is 0.103. The zero-order valence-corrected chi connectivity index (χ0v) is 14.3. The van der Waals surface area contributed by atoms with Gasteiger partial charge in [0.05, 0.1) is 6.10 Å². The van der Waals surface area contributed by atoms with E-state index in [1.54, 1.807) is 15.8 Å². The molecule has 4 nitrogen and oxygen atoms in total. The van der Waals surface area contributed by atoms with Gasteiger partial charge in [-0.1, -0.05) is 6.42 Å². The quantitative estimate of drug-likeness (QED) is 0.878. The van der Waals surface area contributed by atoms with Crippen molar-refractivity contribution < 1.29 is 13.5 Å². The largest absolute Gasteiger partial charge is 0.393 e. The predicted molar refractivity (Wildman–Crippen MR) is 82.3 cm³/mol. The first-order chi connectivity index (χ1) is 9.51. The van der Waals surface area contributed by atoms with Crippen molar-refractivity contribution in [2.75, 3.05) is 6.54 Å². The summed E-state index contributed by atoms with van der Waals surface area (Å²) in [6.07, 6.45) is 4.14. The number of thiophene rings is 1. The molecular formula is C13H18BrNO3S2. The van der Waals surface area contributed by atoms with E-state index in [1.807, 2.05) is 0 Å². The van der Waals surface area contributed by atoms with Gasteiger partial charge in [-0.3, -0.25) is 0 Å². The maximum atomic E-state index is 12.8. The number of nitrogens with zero attached hydrogens (tertiary/aromatic N) is 1. The lowest BCUT2D eigenvalue weighted by atomic mass is 9.95. The van der Waals surface area contributed by atoms with Crippen LogP contribution < -0.4 is 0 Å². The van der Waals surface area contributed by atoms with Crippen LogP contribution in [-0.2, 0) is 10.0 Å². The van der Waals surface area contributed by atoms with Crippen LogP contribution in [0.4, 0.5) is 0 Å². The molecule has 112 valence electrons. The highest BCUT2D eigenvalue weighted by Gasteiger charge is 2.44. The molecule has 2 fully saturated rings. The van der Waals surface area contributed by atoms with Gasteiger partial charge in [-0.2, -0.15) is 4.31 Å². The maximum absolute atomic E-state index is 12.8. The van der Waals surface area contributed by atoms with Gasteiger partial charge in [-0.25, -0.2) is 8.42 Å². The Morgan fingerprint density at radius 3 is 2.70 bits per heavy atom. The van der Waals surface area contributed by atoms with Crippen LogP contribution >= 0.6 is 27.3 Å². The number of hydrogen-bond acceptors (Lipinski definition) is 4. The van der Waals surface area contributed by atoms with E-state index in [-0.39, 0.29) is 18.1 Å². The molecule has 3 unspecified atom stereocenters. The molecule has 1 saturated carbocycles. The van der Waals surface area contributed by atoms with Gasteiger partial charge >= 0.3 is 0 Å². The second kappa shape index (κ2) is 5.68. The van der Waals surface area contributed by atoms with Gasteiger partial charge in [0.2, 0.25) is 0 Å². The number of halogens is 1. The molecule has 1 aromatic rings. The van der Waals surface area contributed by atoms with Gasteiger partial charge in [0.25, 0.3) is 10.0 Å².